The lowest BCUT2D eigenvalue weighted by Gasteiger charge is -2.42. The van der Waals surface area contributed by atoms with Crippen LogP contribution in [-0.4, -0.2) is 88.9 Å². The van der Waals surface area contributed by atoms with Gasteiger partial charge in [0.1, 0.15) is 11.5 Å². The van der Waals surface area contributed by atoms with Gasteiger partial charge < -0.3 is 14.4 Å². The van der Waals surface area contributed by atoms with E-state index in [-0.39, 0.29) is 22.5 Å². The summed E-state index contributed by atoms with van der Waals surface area (Å²) in [5.74, 6) is 0.0171. The molecule has 6 rings (SSSR count). The third-order valence-electron chi connectivity index (χ3n) is 9.85. The number of anilines is 1. The maximum absolute atomic E-state index is 15.4. The summed E-state index contributed by atoms with van der Waals surface area (Å²) >= 11 is 6.64. The zero-order chi connectivity index (χ0) is 33.7. The van der Waals surface area contributed by atoms with Crippen LogP contribution in [0.25, 0.3) is 0 Å². The lowest BCUT2D eigenvalue weighted by atomic mass is 9.80. The number of carbonyl (C=O) groups is 2. The first-order valence-corrected chi connectivity index (χ1v) is 17.7. The highest BCUT2D eigenvalue weighted by molar-refractivity contribution is 7.93. The lowest BCUT2D eigenvalue weighted by molar-refractivity contribution is -0.138. The van der Waals surface area contributed by atoms with Crippen molar-refractivity contribution in [2.75, 3.05) is 52.3 Å². The van der Waals surface area contributed by atoms with E-state index in [1.807, 2.05) is 23.1 Å². The van der Waals surface area contributed by atoms with Crippen molar-refractivity contribution in [3.63, 3.8) is 0 Å². The number of hydrogen-bond donors (Lipinski definition) is 0. The van der Waals surface area contributed by atoms with Gasteiger partial charge in [0.25, 0.3) is 15.9 Å². The first kappa shape index (κ1) is 33.3. The molecule has 3 heterocycles. The normalized spacial score (nSPS) is 22.4. The van der Waals surface area contributed by atoms with Gasteiger partial charge in [0.05, 0.1) is 30.8 Å². The minimum Gasteiger partial charge on any atom is -0.497 e. The summed E-state index contributed by atoms with van der Waals surface area (Å²) in [6, 6.07) is 15.9. The van der Waals surface area contributed by atoms with E-state index in [2.05, 4.69) is 11.8 Å². The van der Waals surface area contributed by atoms with Crippen LogP contribution in [0.4, 0.5) is 5.69 Å². The van der Waals surface area contributed by atoms with Crippen molar-refractivity contribution >= 4 is 39.1 Å². The number of likely N-dealkylation sites (tertiary alicyclic amines) is 2. The largest absolute Gasteiger partial charge is 0.497 e. The maximum Gasteiger partial charge on any atom is 0.271 e. The van der Waals surface area contributed by atoms with Gasteiger partial charge >= 0.3 is 0 Å². The monoisotopic (exact) mass is 680 g/mol. The second-order valence-corrected chi connectivity index (χ2v) is 14.8. The number of rotatable bonds is 9. The van der Waals surface area contributed by atoms with Gasteiger partial charge in [0.15, 0.2) is 5.54 Å². The van der Waals surface area contributed by atoms with Crippen LogP contribution < -0.4 is 13.8 Å². The highest BCUT2D eigenvalue weighted by Crippen LogP contribution is 2.55. The number of hydrogen-bond acceptors (Lipinski definition) is 8. The summed E-state index contributed by atoms with van der Waals surface area (Å²) in [5.41, 5.74) is 0.285. The highest BCUT2D eigenvalue weighted by atomic mass is 35.5. The number of nitrogens with zero attached hydrogens (tertiary/aromatic N) is 4. The molecule has 250 valence electrons. The first-order valence-electron chi connectivity index (χ1n) is 15.9. The molecule has 0 aliphatic carbocycles. The number of methoxy groups -OCH3 is 2. The molecule has 0 aromatic heterocycles. The smallest absolute Gasteiger partial charge is 0.271 e. The minimum absolute atomic E-state index is 0.0764. The van der Waals surface area contributed by atoms with Crippen LogP contribution >= 0.6 is 11.6 Å². The number of fused-ring (bicyclic) bond motifs is 1. The van der Waals surface area contributed by atoms with E-state index in [0.717, 1.165) is 35.8 Å². The van der Waals surface area contributed by atoms with E-state index >= 15 is 4.79 Å². The van der Waals surface area contributed by atoms with Crippen LogP contribution in [0, 0.1) is 0 Å². The predicted octanol–water partition coefficient (Wildman–Crippen LogP) is 5.05. The molecular formula is C35H41ClN4O6S. The van der Waals surface area contributed by atoms with Gasteiger partial charge in [-0.25, -0.2) is 12.7 Å². The molecule has 2 amide bonds. The van der Waals surface area contributed by atoms with Crippen molar-refractivity contribution in [1.82, 2.24) is 14.7 Å². The van der Waals surface area contributed by atoms with Gasteiger partial charge in [-0.2, -0.15) is 0 Å². The Kier molecular flexibility index (Phi) is 9.03. The van der Waals surface area contributed by atoms with E-state index < -0.39 is 27.5 Å². The van der Waals surface area contributed by atoms with Crippen LogP contribution in [0.15, 0.2) is 65.6 Å². The number of ether oxygens (including phenoxy) is 2. The Hall–Kier alpha value is -3.64. The molecule has 3 aromatic carbocycles. The molecule has 2 saturated heterocycles. The van der Waals surface area contributed by atoms with Crippen LogP contribution in [-0.2, 0) is 25.2 Å². The molecule has 3 aliphatic rings. The lowest BCUT2D eigenvalue weighted by Crippen LogP contribution is -2.59. The first-order chi connectivity index (χ1) is 22.5. The standard InChI is InChI=1S/C35H41ClN4O6S/c1-23(38-18-6-7-19-38)24-10-16-28(32(21-24)46-5)35(39-20-8-9-31(39)33(41)37(2)3)29-22-25(36)11-17-30(29)40(34(35)42)47(43,44)27-14-12-26(45-4)13-15-27/h10-17,21-23,31H,6-9,18-20H2,1-5H3/t23?,31-,35?/m0/s1. The number of amides is 2. The van der Waals surface area contributed by atoms with Crippen molar-refractivity contribution in [3.8, 4) is 11.5 Å². The number of benzene rings is 3. The summed E-state index contributed by atoms with van der Waals surface area (Å²) in [6.45, 7) is 4.52. The fourth-order valence-electron chi connectivity index (χ4n) is 7.46. The second kappa shape index (κ2) is 12.8. The molecule has 0 saturated carbocycles. The van der Waals surface area contributed by atoms with Gasteiger partial charge in [0, 0.05) is 42.8 Å². The van der Waals surface area contributed by atoms with Crippen molar-refractivity contribution in [2.24, 2.45) is 0 Å². The fourth-order valence-corrected chi connectivity index (χ4v) is 9.09. The third-order valence-corrected chi connectivity index (χ3v) is 11.8. The SMILES string of the molecule is COc1ccc(S(=O)(=O)N2C(=O)C(c3ccc(C(C)N4CCCC4)cc3OC)(N3CCC[C@H]3C(=O)N(C)C)c3cc(Cl)ccc32)cc1. The van der Waals surface area contributed by atoms with Gasteiger partial charge in [-0.3, -0.25) is 19.4 Å². The molecule has 3 atom stereocenters. The van der Waals surface area contributed by atoms with E-state index in [1.165, 1.54) is 24.1 Å². The van der Waals surface area contributed by atoms with Gasteiger partial charge in [0.2, 0.25) is 5.91 Å². The Morgan fingerprint density at radius 2 is 1.64 bits per heavy atom. The molecule has 2 unspecified atom stereocenters. The quantitative estimate of drug-likeness (QED) is 0.310. The van der Waals surface area contributed by atoms with Gasteiger partial charge in [-0.1, -0.05) is 23.7 Å². The van der Waals surface area contributed by atoms with Crippen molar-refractivity contribution in [1.29, 1.82) is 0 Å². The molecule has 3 aliphatic heterocycles. The molecule has 12 heteroatoms. The molecular weight excluding hydrogens is 640 g/mol. The summed E-state index contributed by atoms with van der Waals surface area (Å²) in [5, 5.41) is 0.331. The predicted molar refractivity (Wildman–Crippen MR) is 181 cm³/mol. The van der Waals surface area contributed by atoms with Crippen LogP contribution in [0.3, 0.4) is 0 Å². The molecule has 0 N–H and O–H groups in total. The van der Waals surface area contributed by atoms with Gasteiger partial charge in [-0.15, -0.1) is 0 Å². The van der Waals surface area contributed by atoms with Crippen molar-refractivity contribution < 1.29 is 27.5 Å². The Bertz CT molecular complexity index is 1790. The van der Waals surface area contributed by atoms with E-state index in [9.17, 15) is 13.2 Å². The number of halogens is 1. The maximum atomic E-state index is 15.4. The number of likely N-dealkylation sites (N-methyl/N-ethyl adjacent to an activating group) is 1. The molecule has 0 radical (unpaired) electrons. The molecule has 0 spiro atoms. The Balaban J connectivity index is 1.61. The molecule has 47 heavy (non-hydrogen) atoms. The number of sulfonamides is 1. The van der Waals surface area contributed by atoms with Crippen LogP contribution in [0.1, 0.15) is 55.3 Å². The Labute approximate surface area is 281 Å². The van der Waals surface area contributed by atoms with Crippen molar-refractivity contribution in [3.05, 3.63) is 82.4 Å². The Morgan fingerprint density at radius 3 is 2.28 bits per heavy atom. The van der Waals surface area contributed by atoms with Gasteiger partial charge in [-0.05, 0) is 99.8 Å². The fraction of sp³-hybridized carbons (Fsp3) is 0.429. The minimum atomic E-state index is -4.44. The second-order valence-electron chi connectivity index (χ2n) is 12.6. The van der Waals surface area contributed by atoms with Crippen molar-refractivity contribution in [2.45, 2.75) is 55.1 Å². The van der Waals surface area contributed by atoms with E-state index in [4.69, 9.17) is 21.1 Å². The molecule has 0 bridgehead atoms. The molecule has 10 nitrogen and oxygen atoms in total. The summed E-state index contributed by atoms with van der Waals surface area (Å²) in [7, 11) is 1.97. The average Bonchev–Trinajstić information content (AvgIpc) is 3.83. The number of carbonyl (C=O) groups excluding carboxylic acids is 2. The van der Waals surface area contributed by atoms with Crippen LogP contribution in [0.2, 0.25) is 5.02 Å². The van der Waals surface area contributed by atoms with E-state index in [0.29, 0.717) is 47.0 Å². The topological polar surface area (TPSA) is 99.7 Å². The average molecular weight is 681 g/mol. The Morgan fingerprint density at radius 1 is 0.936 bits per heavy atom. The molecule has 2 fully saturated rings. The zero-order valence-electron chi connectivity index (χ0n) is 27.4. The highest BCUT2D eigenvalue weighted by Gasteiger charge is 2.63. The summed E-state index contributed by atoms with van der Waals surface area (Å²) in [4.78, 5) is 34.9. The third kappa shape index (κ3) is 5.37. The van der Waals surface area contributed by atoms with Crippen LogP contribution in [0.5, 0.6) is 11.5 Å². The van der Waals surface area contributed by atoms with E-state index in [1.54, 1.807) is 51.5 Å². The summed E-state index contributed by atoms with van der Waals surface area (Å²) in [6.07, 6.45) is 3.42. The summed E-state index contributed by atoms with van der Waals surface area (Å²) < 4.78 is 41.2. The molecule has 3 aromatic rings. The zero-order valence-corrected chi connectivity index (χ0v) is 29.0.